The van der Waals surface area contributed by atoms with Gasteiger partial charge in [-0.2, -0.15) is 0 Å². The number of aliphatic hydroxyl groups excluding tert-OH is 1. The summed E-state index contributed by atoms with van der Waals surface area (Å²) >= 11 is 0. The zero-order valence-electron chi connectivity index (χ0n) is 11.2. The molecule has 2 nitrogen and oxygen atoms in total. The quantitative estimate of drug-likeness (QED) is 0.587. The Morgan fingerprint density at radius 2 is 1.95 bits per heavy atom. The van der Waals surface area contributed by atoms with Gasteiger partial charge in [0.25, 0.3) is 0 Å². The van der Waals surface area contributed by atoms with E-state index in [0.717, 1.165) is 19.4 Å². The minimum absolute atomic E-state index is 0.226. The zero-order valence-corrected chi connectivity index (χ0v) is 11.2. The average molecular weight is 255 g/mol. The highest BCUT2D eigenvalue weighted by Gasteiger charge is 2.11. The highest BCUT2D eigenvalue weighted by atomic mass is 16.3. The van der Waals surface area contributed by atoms with Crippen LogP contribution < -0.4 is 5.32 Å². The number of fused-ring (bicyclic) bond motifs is 1. The van der Waals surface area contributed by atoms with E-state index in [-0.39, 0.29) is 12.6 Å². The first kappa shape index (κ1) is 13.8. The van der Waals surface area contributed by atoms with Crippen molar-refractivity contribution in [2.45, 2.75) is 18.9 Å². The summed E-state index contributed by atoms with van der Waals surface area (Å²) in [6.45, 7) is 4.89. The minimum atomic E-state index is 0.226. The van der Waals surface area contributed by atoms with Gasteiger partial charge in [-0.3, -0.25) is 0 Å². The van der Waals surface area contributed by atoms with E-state index in [1.54, 1.807) is 0 Å². The zero-order chi connectivity index (χ0) is 13.5. The van der Waals surface area contributed by atoms with Crippen LogP contribution in [0.2, 0.25) is 0 Å². The molecule has 19 heavy (non-hydrogen) atoms. The Labute approximate surface area is 114 Å². The van der Waals surface area contributed by atoms with Gasteiger partial charge in [-0.1, -0.05) is 48.5 Å². The normalized spacial score (nSPS) is 12.5. The fourth-order valence-corrected chi connectivity index (χ4v) is 2.40. The number of nitrogens with one attached hydrogen (secondary N) is 1. The minimum Gasteiger partial charge on any atom is -0.396 e. The van der Waals surface area contributed by atoms with E-state index in [4.69, 9.17) is 5.11 Å². The van der Waals surface area contributed by atoms with Crippen LogP contribution in [0.5, 0.6) is 0 Å². The lowest BCUT2D eigenvalue weighted by molar-refractivity contribution is 0.283. The second-order valence-electron chi connectivity index (χ2n) is 4.68. The summed E-state index contributed by atoms with van der Waals surface area (Å²) < 4.78 is 0. The van der Waals surface area contributed by atoms with Crippen LogP contribution >= 0.6 is 0 Å². The number of aliphatic hydroxyl groups is 1. The first-order valence-corrected chi connectivity index (χ1v) is 6.79. The van der Waals surface area contributed by atoms with Gasteiger partial charge in [0.1, 0.15) is 0 Å². The van der Waals surface area contributed by atoms with E-state index in [0.29, 0.717) is 0 Å². The van der Waals surface area contributed by atoms with Crippen LogP contribution in [-0.4, -0.2) is 18.3 Å². The van der Waals surface area contributed by atoms with Crippen LogP contribution in [0.25, 0.3) is 10.8 Å². The maximum absolute atomic E-state index is 8.89. The lowest BCUT2D eigenvalue weighted by Gasteiger charge is -2.19. The second-order valence-corrected chi connectivity index (χ2v) is 4.68. The predicted octanol–water partition coefficient (Wildman–Crippen LogP) is 3.43. The summed E-state index contributed by atoms with van der Waals surface area (Å²) in [5, 5.41) is 14.9. The van der Waals surface area contributed by atoms with Crippen molar-refractivity contribution in [3.8, 4) is 0 Å². The van der Waals surface area contributed by atoms with Crippen molar-refractivity contribution in [1.82, 2.24) is 5.32 Å². The molecule has 2 heteroatoms. The molecule has 2 aromatic rings. The Kier molecular flexibility index (Phi) is 5.13. The van der Waals surface area contributed by atoms with Crippen LogP contribution in [-0.2, 0) is 0 Å². The molecule has 1 atom stereocenters. The molecule has 0 saturated carbocycles. The lowest BCUT2D eigenvalue weighted by Crippen LogP contribution is -2.23. The maximum atomic E-state index is 8.89. The van der Waals surface area contributed by atoms with Crippen molar-refractivity contribution in [2.24, 2.45) is 0 Å². The van der Waals surface area contributed by atoms with Gasteiger partial charge in [-0.15, -0.1) is 6.58 Å². The maximum Gasteiger partial charge on any atom is 0.0443 e. The fraction of sp³-hybridized carbons (Fsp3) is 0.294. The molecule has 1 unspecified atom stereocenters. The Hall–Kier alpha value is -1.64. The molecule has 0 aliphatic heterocycles. The Bertz CT molecular complexity index is 530. The van der Waals surface area contributed by atoms with Crippen molar-refractivity contribution in [3.05, 3.63) is 60.7 Å². The Balaban J connectivity index is 2.29. The van der Waals surface area contributed by atoms with Crippen LogP contribution in [0.1, 0.15) is 24.4 Å². The van der Waals surface area contributed by atoms with E-state index in [1.165, 1.54) is 16.3 Å². The molecule has 2 aromatic carbocycles. The van der Waals surface area contributed by atoms with E-state index in [1.807, 2.05) is 6.08 Å². The van der Waals surface area contributed by atoms with Gasteiger partial charge in [0.2, 0.25) is 0 Å². The molecule has 2 rings (SSSR count). The standard InChI is InChI=1S/C17H21NO/c1-2-7-17(18-12-6-13-19)16-11-5-9-14-8-3-4-10-15(14)16/h2-5,8-11,17-19H,1,6-7,12-13H2. The summed E-state index contributed by atoms with van der Waals surface area (Å²) in [4.78, 5) is 0. The molecular formula is C17H21NO. The third-order valence-corrected chi connectivity index (χ3v) is 3.33. The second kappa shape index (κ2) is 7.07. The topological polar surface area (TPSA) is 32.3 Å². The summed E-state index contributed by atoms with van der Waals surface area (Å²) in [5.74, 6) is 0. The lowest BCUT2D eigenvalue weighted by atomic mass is 9.96. The summed E-state index contributed by atoms with van der Waals surface area (Å²) in [6.07, 6.45) is 3.61. The van der Waals surface area contributed by atoms with Gasteiger partial charge >= 0.3 is 0 Å². The highest BCUT2D eigenvalue weighted by Crippen LogP contribution is 2.26. The molecule has 0 aliphatic rings. The fourth-order valence-electron chi connectivity index (χ4n) is 2.40. The van der Waals surface area contributed by atoms with E-state index in [2.05, 4.69) is 54.4 Å². The Morgan fingerprint density at radius 1 is 1.16 bits per heavy atom. The van der Waals surface area contributed by atoms with Crippen molar-refractivity contribution in [1.29, 1.82) is 0 Å². The van der Waals surface area contributed by atoms with Crippen LogP contribution in [0.3, 0.4) is 0 Å². The van der Waals surface area contributed by atoms with Crippen molar-refractivity contribution in [3.63, 3.8) is 0 Å². The molecule has 0 aliphatic carbocycles. The number of benzene rings is 2. The summed E-state index contributed by atoms with van der Waals surface area (Å²) in [7, 11) is 0. The number of hydrogen-bond acceptors (Lipinski definition) is 2. The molecule has 0 aromatic heterocycles. The molecular weight excluding hydrogens is 234 g/mol. The van der Waals surface area contributed by atoms with Gasteiger partial charge < -0.3 is 10.4 Å². The molecule has 0 spiro atoms. The van der Waals surface area contributed by atoms with Crippen LogP contribution in [0.15, 0.2) is 55.1 Å². The first-order valence-electron chi connectivity index (χ1n) is 6.79. The smallest absolute Gasteiger partial charge is 0.0443 e. The van der Waals surface area contributed by atoms with E-state index < -0.39 is 0 Å². The van der Waals surface area contributed by atoms with Gasteiger partial charge in [0, 0.05) is 12.6 Å². The van der Waals surface area contributed by atoms with Gasteiger partial charge in [0.15, 0.2) is 0 Å². The van der Waals surface area contributed by atoms with Crippen molar-refractivity contribution in [2.75, 3.05) is 13.2 Å². The average Bonchev–Trinajstić information content (AvgIpc) is 2.46. The molecule has 0 bridgehead atoms. The van der Waals surface area contributed by atoms with Gasteiger partial charge in [-0.05, 0) is 35.7 Å². The van der Waals surface area contributed by atoms with Gasteiger partial charge in [0.05, 0.1) is 0 Å². The van der Waals surface area contributed by atoms with E-state index >= 15 is 0 Å². The largest absolute Gasteiger partial charge is 0.396 e. The molecule has 100 valence electrons. The van der Waals surface area contributed by atoms with Crippen LogP contribution in [0, 0.1) is 0 Å². The monoisotopic (exact) mass is 255 g/mol. The summed E-state index contributed by atoms with van der Waals surface area (Å²) in [6, 6.07) is 15.1. The van der Waals surface area contributed by atoms with Crippen molar-refractivity contribution < 1.29 is 5.11 Å². The highest BCUT2D eigenvalue weighted by molar-refractivity contribution is 5.86. The number of rotatable bonds is 7. The summed E-state index contributed by atoms with van der Waals surface area (Å²) in [5.41, 5.74) is 1.30. The third-order valence-electron chi connectivity index (χ3n) is 3.33. The van der Waals surface area contributed by atoms with Crippen molar-refractivity contribution >= 4 is 10.8 Å². The first-order chi connectivity index (χ1) is 9.36. The van der Waals surface area contributed by atoms with Crippen LogP contribution in [0.4, 0.5) is 0 Å². The predicted molar refractivity (Wildman–Crippen MR) is 81.2 cm³/mol. The molecule has 0 heterocycles. The SMILES string of the molecule is C=CCC(NCCCO)c1cccc2ccccc12. The number of hydrogen-bond donors (Lipinski definition) is 2. The molecule has 0 radical (unpaired) electrons. The third kappa shape index (κ3) is 3.43. The van der Waals surface area contributed by atoms with E-state index in [9.17, 15) is 0 Å². The molecule has 0 fully saturated rings. The van der Waals surface area contributed by atoms with Gasteiger partial charge in [-0.25, -0.2) is 0 Å². The molecule has 2 N–H and O–H groups in total. The molecule has 0 amide bonds. The Morgan fingerprint density at radius 3 is 2.74 bits per heavy atom. The molecule has 0 saturated heterocycles.